The van der Waals surface area contributed by atoms with Crippen LogP contribution in [0.15, 0.2) is 82.4 Å². The summed E-state index contributed by atoms with van der Waals surface area (Å²) >= 11 is 0. The Morgan fingerprint density at radius 3 is 2.48 bits per heavy atom. The van der Waals surface area contributed by atoms with Crippen LogP contribution in [0.3, 0.4) is 0 Å². The number of hydrogen-bond acceptors (Lipinski definition) is 4. The molecule has 0 spiro atoms. The van der Waals surface area contributed by atoms with Crippen LogP contribution in [0.2, 0.25) is 0 Å². The lowest BCUT2D eigenvalue weighted by Gasteiger charge is -2.29. The molecule has 5 heteroatoms. The summed E-state index contributed by atoms with van der Waals surface area (Å²) in [5, 5.41) is 0. The van der Waals surface area contributed by atoms with E-state index in [0.717, 1.165) is 42.0 Å². The minimum absolute atomic E-state index is 0.0173. The Morgan fingerprint density at radius 2 is 1.81 bits per heavy atom. The molecule has 0 radical (unpaired) electrons. The molecule has 0 fully saturated rings. The summed E-state index contributed by atoms with van der Waals surface area (Å²) < 4.78 is 5.61. The molecular formula is C26H29N3O2. The van der Waals surface area contributed by atoms with Gasteiger partial charge in [0.2, 0.25) is 5.96 Å². The Morgan fingerprint density at radius 1 is 1.03 bits per heavy atom. The third kappa shape index (κ3) is 4.88. The highest BCUT2D eigenvalue weighted by atomic mass is 16.3. The lowest BCUT2D eigenvalue weighted by molar-refractivity contribution is -0.118. The number of rotatable bonds is 8. The number of carbonyl (C=O) groups excluding carboxylic acids is 1. The van der Waals surface area contributed by atoms with Gasteiger partial charge in [0.05, 0.1) is 18.5 Å². The number of guanidine groups is 1. The first-order chi connectivity index (χ1) is 15.2. The van der Waals surface area contributed by atoms with Gasteiger partial charge in [-0.3, -0.25) is 4.79 Å². The van der Waals surface area contributed by atoms with Crippen LogP contribution in [-0.4, -0.2) is 29.4 Å². The van der Waals surface area contributed by atoms with Gasteiger partial charge < -0.3 is 9.32 Å². The maximum Gasteiger partial charge on any atom is 0.259 e. The molecule has 1 aliphatic heterocycles. The summed E-state index contributed by atoms with van der Waals surface area (Å²) in [6.07, 6.45) is 4.35. The number of amides is 1. The first-order valence-corrected chi connectivity index (χ1v) is 11.0. The zero-order valence-corrected chi connectivity index (χ0v) is 18.2. The van der Waals surface area contributed by atoms with Crippen LogP contribution in [-0.2, 0) is 17.8 Å². The molecule has 1 aliphatic rings. The number of aliphatic imine (C=N–C) groups is 1. The Balaban J connectivity index is 1.69. The van der Waals surface area contributed by atoms with Gasteiger partial charge in [0.15, 0.2) is 0 Å². The van der Waals surface area contributed by atoms with Crippen molar-refractivity contribution in [3.63, 3.8) is 0 Å². The molecule has 1 atom stereocenters. The molecule has 0 saturated carbocycles. The molecule has 0 saturated heterocycles. The van der Waals surface area contributed by atoms with Gasteiger partial charge in [-0.25, -0.2) is 9.89 Å². The monoisotopic (exact) mass is 415 g/mol. The van der Waals surface area contributed by atoms with E-state index in [1.54, 1.807) is 11.2 Å². The molecule has 3 aromatic rings. The number of aryl methyl sites for hydroxylation is 1. The van der Waals surface area contributed by atoms with Crippen molar-refractivity contribution in [3.05, 3.63) is 89.9 Å². The Hall–Kier alpha value is -3.34. The number of anilines is 1. The fraction of sp³-hybridized carbons (Fsp3) is 0.308. The SMILES string of the molecule is CCCCN(Cc1ccco1)C1=NC(Cc2ccccc2)C(=O)N1c1ccc(C)cc1. The normalized spacial score (nSPS) is 15.9. The minimum Gasteiger partial charge on any atom is -0.467 e. The third-order valence-electron chi connectivity index (χ3n) is 5.53. The van der Waals surface area contributed by atoms with Crippen LogP contribution >= 0.6 is 0 Å². The smallest absolute Gasteiger partial charge is 0.259 e. The maximum atomic E-state index is 13.5. The molecule has 1 amide bonds. The number of benzene rings is 2. The van der Waals surface area contributed by atoms with E-state index in [4.69, 9.17) is 9.41 Å². The second-order valence-corrected chi connectivity index (χ2v) is 8.00. The minimum atomic E-state index is -0.431. The molecule has 0 N–H and O–H groups in total. The Kier molecular flexibility index (Phi) is 6.51. The van der Waals surface area contributed by atoms with Crippen molar-refractivity contribution in [2.75, 3.05) is 11.4 Å². The number of furan rings is 1. The van der Waals surface area contributed by atoms with Crippen molar-refractivity contribution in [3.8, 4) is 0 Å². The van der Waals surface area contributed by atoms with Gasteiger partial charge in [0.25, 0.3) is 5.91 Å². The van der Waals surface area contributed by atoms with Crippen molar-refractivity contribution in [1.82, 2.24) is 4.90 Å². The first kappa shape index (κ1) is 20.9. The van der Waals surface area contributed by atoms with Crippen molar-refractivity contribution in [1.29, 1.82) is 0 Å². The van der Waals surface area contributed by atoms with E-state index in [2.05, 4.69) is 24.0 Å². The lowest BCUT2D eigenvalue weighted by Crippen LogP contribution is -2.45. The van der Waals surface area contributed by atoms with Crippen molar-refractivity contribution < 1.29 is 9.21 Å². The molecule has 160 valence electrons. The van der Waals surface area contributed by atoms with Crippen molar-refractivity contribution in [2.45, 2.75) is 45.7 Å². The molecule has 0 bridgehead atoms. The van der Waals surface area contributed by atoms with E-state index in [-0.39, 0.29) is 5.91 Å². The first-order valence-electron chi connectivity index (χ1n) is 11.0. The van der Waals surface area contributed by atoms with Crippen LogP contribution in [0.4, 0.5) is 5.69 Å². The van der Waals surface area contributed by atoms with Crippen LogP contribution in [0, 0.1) is 6.92 Å². The molecule has 2 aromatic carbocycles. The molecular weight excluding hydrogens is 386 g/mol. The highest BCUT2D eigenvalue weighted by Gasteiger charge is 2.38. The molecule has 31 heavy (non-hydrogen) atoms. The van der Waals surface area contributed by atoms with E-state index in [9.17, 15) is 4.79 Å². The fourth-order valence-electron chi connectivity index (χ4n) is 3.82. The van der Waals surface area contributed by atoms with Gasteiger partial charge in [0.1, 0.15) is 11.8 Å². The van der Waals surface area contributed by atoms with E-state index >= 15 is 0 Å². The predicted octanol–water partition coefficient (Wildman–Crippen LogP) is 5.20. The number of hydrogen-bond donors (Lipinski definition) is 0. The van der Waals surface area contributed by atoms with E-state index in [1.807, 2.05) is 61.5 Å². The van der Waals surface area contributed by atoms with Crippen LogP contribution in [0.1, 0.15) is 36.7 Å². The summed E-state index contributed by atoms with van der Waals surface area (Å²) in [7, 11) is 0. The summed E-state index contributed by atoms with van der Waals surface area (Å²) in [5.41, 5.74) is 3.12. The Bertz CT molecular complexity index is 1010. The summed E-state index contributed by atoms with van der Waals surface area (Å²) in [6, 6.07) is 21.6. The van der Waals surface area contributed by atoms with Crippen LogP contribution in [0.5, 0.6) is 0 Å². The zero-order chi connectivity index (χ0) is 21.6. The second kappa shape index (κ2) is 9.65. The van der Waals surface area contributed by atoms with E-state index in [1.165, 1.54) is 0 Å². The number of nitrogens with zero attached hydrogens (tertiary/aromatic N) is 3. The van der Waals surface area contributed by atoms with E-state index in [0.29, 0.717) is 18.9 Å². The van der Waals surface area contributed by atoms with Crippen molar-refractivity contribution in [2.24, 2.45) is 4.99 Å². The molecule has 0 aliphatic carbocycles. The van der Waals surface area contributed by atoms with Gasteiger partial charge in [-0.1, -0.05) is 61.4 Å². The average molecular weight is 416 g/mol. The Labute approximate surface area is 184 Å². The molecule has 1 aromatic heterocycles. The zero-order valence-electron chi connectivity index (χ0n) is 18.2. The highest BCUT2D eigenvalue weighted by molar-refractivity contribution is 6.22. The largest absolute Gasteiger partial charge is 0.467 e. The summed E-state index contributed by atoms with van der Waals surface area (Å²) in [5.74, 6) is 1.59. The summed E-state index contributed by atoms with van der Waals surface area (Å²) in [4.78, 5) is 22.5. The lowest BCUT2D eigenvalue weighted by atomic mass is 10.1. The topological polar surface area (TPSA) is 49.1 Å². The van der Waals surface area contributed by atoms with Gasteiger partial charge in [-0.05, 0) is 43.2 Å². The van der Waals surface area contributed by atoms with Gasteiger partial charge in [-0.2, -0.15) is 0 Å². The molecule has 4 rings (SSSR count). The highest BCUT2D eigenvalue weighted by Crippen LogP contribution is 2.26. The van der Waals surface area contributed by atoms with Crippen LogP contribution < -0.4 is 4.90 Å². The maximum absolute atomic E-state index is 13.5. The number of carbonyl (C=O) groups is 1. The standard InChI is InChI=1S/C26H29N3O2/c1-3-4-16-28(19-23-11-8-17-31-23)26-27-24(18-21-9-6-5-7-10-21)25(30)29(26)22-14-12-20(2)13-15-22/h5-15,17,24H,3-4,16,18-19H2,1-2H3. The third-order valence-corrected chi connectivity index (χ3v) is 5.53. The van der Waals surface area contributed by atoms with Gasteiger partial charge in [0, 0.05) is 13.0 Å². The number of unbranched alkanes of at least 4 members (excludes halogenated alkanes) is 1. The predicted molar refractivity (Wildman–Crippen MR) is 124 cm³/mol. The molecule has 2 heterocycles. The van der Waals surface area contributed by atoms with Gasteiger partial charge >= 0.3 is 0 Å². The molecule has 1 unspecified atom stereocenters. The molecule has 5 nitrogen and oxygen atoms in total. The van der Waals surface area contributed by atoms with E-state index < -0.39 is 6.04 Å². The van der Waals surface area contributed by atoms with Crippen LogP contribution in [0.25, 0.3) is 0 Å². The second-order valence-electron chi connectivity index (χ2n) is 8.00. The average Bonchev–Trinajstić information content (AvgIpc) is 3.41. The fourth-order valence-corrected chi connectivity index (χ4v) is 3.82. The van der Waals surface area contributed by atoms with Crippen molar-refractivity contribution >= 4 is 17.6 Å². The van der Waals surface area contributed by atoms with Gasteiger partial charge in [-0.15, -0.1) is 0 Å². The quantitative estimate of drug-likeness (QED) is 0.508. The summed E-state index contributed by atoms with van der Waals surface area (Å²) in [6.45, 7) is 5.61.